The molecule has 3 heteroatoms. The van der Waals surface area contributed by atoms with Crippen molar-refractivity contribution in [1.29, 1.82) is 0 Å². The van der Waals surface area contributed by atoms with E-state index in [1.807, 2.05) is 60.7 Å². The summed E-state index contributed by atoms with van der Waals surface area (Å²) in [4.78, 5) is 12.4. The molecule has 22 heavy (non-hydrogen) atoms. The van der Waals surface area contributed by atoms with E-state index in [0.29, 0.717) is 16.7 Å². The molecule has 3 aromatic carbocycles. The van der Waals surface area contributed by atoms with Crippen molar-refractivity contribution < 1.29 is 4.42 Å². The topological polar surface area (TPSA) is 30.2 Å². The Morgan fingerprint density at radius 1 is 0.818 bits per heavy atom. The number of hydrogen-bond acceptors (Lipinski definition) is 2. The quantitative estimate of drug-likeness (QED) is 0.325. The van der Waals surface area contributed by atoms with Gasteiger partial charge in [0.05, 0.1) is 5.39 Å². The second kappa shape index (κ2) is 5.25. The molecule has 2 nitrogen and oxygen atoms in total. The van der Waals surface area contributed by atoms with Crippen molar-refractivity contribution in [2.75, 3.05) is 0 Å². The zero-order valence-electron chi connectivity index (χ0n) is 11.5. The third-order valence-electron chi connectivity index (χ3n) is 3.75. The van der Waals surface area contributed by atoms with Crippen LogP contribution in [0, 0.1) is 3.57 Å². The second-order valence-electron chi connectivity index (χ2n) is 5.15. The van der Waals surface area contributed by atoms with Gasteiger partial charge in [-0.1, -0.05) is 42.5 Å². The third-order valence-corrected chi connectivity index (χ3v) is 4.47. The maximum absolute atomic E-state index is 12.4. The highest BCUT2D eigenvalue weighted by molar-refractivity contribution is 14.1. The molecular weight excluding hydrogens is 387 g/mol. The zero-order chi connectivity index (χ0) is 15.1. The van der Waals surface area contributed by atoms with Gasteiger partial charge in [0.15, 0.2) is 5.43 Å². The standard InChI is InChI=1S/C19H11IO2/c20-14-8-5-13(6-9-14)18-11-17(21)16-10-7-12-3-1-2-4-15(12)19(16)22-18/h1-11H. The molecule has 106 valence electrons. The van der Waals surface area contributed by atoms with Crippen LogP contribution in [0.25, 0.3) is 33.1 Å². The zero-order valence-corrected chi connectivity index (χ0v) is 13.7. The lowest BCUT2D eigenvalue weighted by atomic mass is 10.1. The van der Waals surface area contributed by atoms with Crippen LogP contribution in [0.5, 0.6) is 0 Å². The fourth-order valence-corrected chi connectivity index (χ4v) is 3.00. The van der Waals surface area contributed by atoms with E-state index in [-0.39, 0.29) is 5.43 Å². The molecule has 0 spiro atoms. The largest absolute Gasteiger partial charge is 0.455 e. The summed E-state index contributed by atoms with van der Waals surface area (Å²) in [5.74, 6) is 0.602. The normalized spacial score (nSPS) is 11.1. The van der Waals surface area contributed by atoms with Crippen molar-refractivity contribution >= 4 is 44.3 Å². The summed E-state index contributed by atoms with van der Waals surface area (Å²) < 4.78 is 7.23. The van der Waals surface area contributed by atoms with E-state index in [0.717, 1.165) is 19.9 Å². The average molecular weight is 398 g/mol. The first-order valence-corrected chi connectivity index (χ1v) is 8.02. The van der Waals surface area contributed by atoms with Gasteiger partial charge in [0.25, 0.3) is 0 Å². The smallest absolute Gasteiger partial charge is 0.193 e. The first-order chi connectivity index (χ1) is 10.7. The van der Waals surface area contributed by atoms with Crippen LogP contribution in [0.15, 0.2) is 75.9 Å². The van der Waals surface area contributed by atoms with Gasteiger partial charge < -0.3 is 4.42 Å². The van der Waals surface area contributed by atoms with Crippen LogP contribution in [0.2, 0.25) is 0 Å². The maximum Gasteiger partial charge on any atom is 0.193 e. The molecule has 0 radical (unpaired) electrons. The van der Waals surface area contributed by atoms with Crippen LogP contribution in [0.3, 0.4) is 0 Å². The minimum atomic E-state index is -0.0134. The Balaban J connectivity index is 2.08. The van der Waals surface area contributed by atoms with Crippen LogP contribution in [-0.4, -0.2) is 0 Å². The van der Waals surface area contributed by atoms with Gasteiger partial charge in [0.2, 0.25) is 0 Å². The number of benzene rings is 3. The van der Waals surface area contributed by atoms with Gasteiger partial charge in [-0.15, -0.1) is 0 Å². The Morgan fingerprint density at radius 3 is 2.41 bits per heavy atom. The third kappa shape index (κ3) is 2.22. The monoisotopic (exact) mass is 398 g/mol. The summed E-state index contributed by atoms with van der Waals surface area (Å²) >= 11 is 2.26. The molecule has 0 unspecified atom stereocenters. The fourth-order valence-electron chi connectivity index (χ4n) is 2.64. The van der Waals surface area contributed by atoms with Crippen LogP contribution in [0.4, 0.5) is 0 Å². The highest BCUT2D eigenvalue weighted by atomic mass is 127. The van der Waals surface area contributed by atoms with E-state index in [1.165, 1.54) is 0 Å². The molecule has 0 amide bonds. The summed E-state index contributed by atoms with van der Waals surface area (Å²) in [5.41, 5.74) is 1.55. The van der Waals surface area contributed by atoms with Crippen molar-refractivity contribution in [3.05, 3.63) is 80.5 Å². The minimum absolute atomic E-state index is 0.0134. The first-order valence-electron chi connectivity index (χ1n) is 6.94. The number of halogens is 1. The Kier molecular flexibility index (Phi) is 3.22. The first kappa shape index (κ1) is 13.5. The molecule has 0 N–H and O–H groups in total. The van der Waals surface area contributed by atoms with E-state index < -0.39 is 0 Å². The fraction of sp³-hybridized carbons (Fsp3) is 0. The Bertz CT molecular complexity index is 1050. The van der Waals surface area contributed by atoms with Gasteiger partial charge in [0.1, 0.15) is 11.3 Å². The molecule has 0 aliphatic carbocycles. The molecule has 0 saturated heterocycles. The predicted octanol–water partition coefficient (Wildman–Crippen LogP) is 5.22. The average Bonchev–Trinajstić information content (AvgIpc) is 2.55. The summed E-state index contributed by atoms with van der Waals surface area (Å²) in [7, 11) is 0. The van der Waals surface area contributed by atoms with E-state index >= 15 is 0 Å². The number of hydrogen-bond donors (Lipinski definition) is 0. The van der Waals surface area contributed by atoms with Crippen LogP contribution in [0.1, 0.15) is 0 Å². The summed E-state index contributed by atoms with van der Waals surface area (Å²) in [6.45, 7) is 0. The van der Waals surface area contributed by atoms with Crippen LogP contribution < -0.4 is 5.43 Å². The molecule has 4 rings (SSSR count). The molecule has 0 aliphatic rings. The Morgan fingerprint density at radius 2 is 1.59 bits per heavy atom. The van der Waals surface area contributed by atoms with Gasteiger partial charge in [-0.25, -0.2) is 0 Å². The Hall–Kier alpha value is -2.14. The van der Waals surface area contributed by atoms with Crippen molar-refractivity contribution in [2.24, 2.45) is 0 Å². The number of rotatable bonds is 1. The summed E-state index contributed by atoms with van der Waals surface area (Å²) in [6.07, 6.45) is 0. The highest BCUT2D eigenvalue weighted by Crippen LogP contribution is 2.28. The summed E-state index contributed by atoms with van der Waals surface area (Å²) in [6, 6.07) is 21.2. The minimum Gasteiger partial charge on any atom is -0.455 e. The molecule has 1 aromatic heterocycles. The SMILES string of the molecule is O=c1cc(-c2ccc(I)cc2)oc2c1ccc1ccccc12. The van der Waals surface area contributed by atoms with Crippen molar-refractivity contribution in [2.45, 2.75) is 0 Å². The van der Waals surface area contributed by atoms with Gasteiger partial charge in [-0.2, -0.15) is 0 Å². The van der Waals surface area contributed by atoms with E-state index in [4.69, 9.17) is 4.42 Å². The van der Waals surface area contributed by atoms with Crippen LogP contribution >= 0.6 is 22.6 Å². The molecule has 0 bridgehead atoms. The molecule has 0 saturated carbocycles. The molecule has 1 heterocycles. The van der Waals surface area contributed by atoms with Gasteiger partial charge in [-0.3, -0.25) is 4.79 Å². The van der Waals surface area contributed by atoms with Gasteiger partial charge >= 0.3 is 0 Å². The number of fused-ring (bicyclic) bond motifs is 3. The van der Waals surface area contributed by atoms with E-state index in [9.17, 15) is 4.79 Å². The lowest BCUT2D eigenvalue weighted by Gasteiger charge is -2.06. The predicted molar refractivity (Wildman–Crippen MR) is 98.1 cm³/mol. The lowest BCUT2D eigenvalue weighted by Crippen LogP contribution is -2.00. The van der Waals surface area contributed by atoms with Crippen molar-refractivity contribution in [3.8, 4) is 11.3 Å². The van der Waals surface area contributed by atoms with Crippen LogP contribution in [-0.2, 0) is 0 Å². The van der Waals surface area contributed by atoms with Crippen molar-refractivity contribution in [1.82, 2.24) is 0 Å². The van der Waals surface area contributed by atoms with Gasteiger partial charge in [-0.05, 0) is 46.2 Å². The molecule has 0 aliphatic heterocycles. The Labute approximate surface area is 140 Å². The second-order valence-corrected chi connectivity index (χ2v) is 6.39. The maximum atomic E-state index is 12.4. The molecule has 4 aromatic rings. The highest BCUT2D eigenvalue weighted by Gasteiger charge is 2.09. The lowest BCUT2D eigenvalue weighted by molar-refractivity contribution is 0.622. The van der Waals surface area contributed by atoms with E-state index in [1.54, 1.807) is 6.07 Å². The van der Waals surface area contributed by atoms with Crippen molar-refractivity contribution in [3.63, 3.8) is 0 Å². The molecular formula is C19H11IO2. The van der Waals surface area contributed by atoms with Gasteiger partial charge in [0, 0.05) is 20.6 Å². The molecule has 0 atom stereocenters. The summed E-state index contributed by atoms with van der Waals surface area (Å²) in [5, 5.41) is 2.65. The van der Waals surface area contributed by atoms with E-state index in [2.05, 4.69) is 22.6 Å². The molecule has 0 fully saturated rings.